The Hall–Kier alpha value is -2.03. The van der Waals surface area contributed by atoms with Crippen molar-refractivity contribution in [1.82, 2.24) is 9.88 Å². The van der Waals surface area contributed by atoms with Crippen molar-refractivity contribution in [3.8, 4) is 11.1 Å². The van der Waals surface area contributed by atoms with Gasteiger partial charge in [0.05, 0.1) is 5.56 Å². The fraction of sp³-hybridized carbons (Fsp3) is 0.214. The average molecular weight is 226 g/mol. The second-order valence-corrected chi connectivity index (χ2v) is 4.40. The second-order valence-electron chi connectivity index (χ2n) is 4.40. The highest BCUT2D eigenvalue weighted by Crippen LogP contribution is 2.29. The molecule has 1 aromatic heterocycles. The molecule has 0 fully saturated rings. The minimum Gasteiger partial charge on any atom is -0.364 e. The number of hydrogen-bond acceptors (Lipinski definition) is 1. The van der Waals surface area contributed by atoms with E-state index in [1.165, 1.54) is 0 Å². The van der Waals surface area contributed by atoms with Gasteiger partial charge in [0.25, 0.3) is 5.91 Å². The highest BCUT2D eigenvalue weighted by atomic mass is 16.2. The zero-order valence-electron chi connectivity index (χ0n) is 9.73. The molecule has 0 atom stereocenters. The van der Waals surface area contributed by atoms with Crippen molar-refractivity contribution < 1.29 is 4.79 Å². The van der Waals surface area contributed by atoms with Crippen LogP contribution in [0.1, 0.15) is 16.1 Å². The topological polar surface area (TPSA) is 36.1 Å². The first kappa shape index (κ1) is 10.1. The zero-order valence-corrected chi connectivity index (χ0v) is 9.73. The van der Waals surface area contributed by atoms with E-state index < -0.39 is 0 Å². The Morgan fingerprint density at radius 1 is 1.24 bits per heavy atom. The van der Waals surface area contributed by atoms with Gasteiger partial charge in [-0.3, -0.25) is 4.79 Å². The lowest BCUT2D eigenvalue weighted by atomic mass is 9.98. The summed E-state index contributed by atoms with van der Waals surface area (Å²) in [6.45, 7) is 0.792. The van der Waals surface area contributed by atoms with Crippen LogP contribution in [0, 0.1) is 0 Å². The molecule has 17 heavy (non-hydrogen) atoms. The Bertz CT molecular complexity index is 557. The molecule has 3 nitrogen and oxygen atoms in total. The van der Waals surface area contributed by atoms with Crippen molar-refractivity contribution in [3.63, 3.8) is 0 Å². The first-order valence-corrected chi connectivity index (χ1v) is 5.78. The van der Waals surface area contributed by atoms with E-state index >= 15 is 0 Å². The Balaban J connectivity index is 2.15. The molecule has 1 N–H and O–H groups in total. The van der Waals surface area contributed by atoms with Crippen molar-refractivity contribution in [3.05, 3.63) is 47.8 Å². The summed E-state index contributed by atoms with van der Waals surface area (Å²) in [5.41, 5.74) is 4.00. The van der Waals surface area contributed by atoms with Crippen molar-refractivity contribution in [2.75, 3.05) is 13.6 Å². The summed E-state index contributed by atoms with van der Waals surface area (Å²) in [5, 5.41) is 0. The van der Waals surface area contributed by atoms with Gasteiger partial charge in [-0.1, -0.05) is 30.3 Å². The minimum atomic E-state index is 0.117. The second kappa shape index (κ2) is 3.77. The molecule has 3 rings (SSSR count). The predicted octanol–water partition coefficient (Wildman–Crippen LogP) is 2.31. The lowest BCUT2D eigenvalue weighted by Crippen LogP contribution is -2.34. The minimum absolute atomic E-state index is 0.117. The van der Waals surface area contributed by atoms with Crippen LogP contribution in [0.2, 0.25) is 0 Å². The van der Waals surface area contributed by atoms with Crippen LogP contribution in [0.5, 0.6) is 0 Å². The van der Waals surface area contributed by atoms with Gasteiger partial charge >= 0.3 is 0 Å². The number of nitrogens with one attached hydrogen (secondary N) is 1. The summed E-state index contributed by atoms with van der Waals surface area (Å²) in [6, 6.07) is 10.0. The van der Waals surface area contributed by atoms with Crippen molar-refractivity contribution in [1.29, 1.82) is 0 Å². The van der Waals surface area contributed by atoms with Crippen LogP contribution in [0.4, 0.5) is 0 Å². The highest BCUT2D eigenvalue weighted by molar-refractivity contribution is 6.02. The summed E-state index contributed by atoms with van der Waals surface area (Å²) in [7, 11) is 1.85. The quantitative estimate of drug-likeness (QED) is 0.795. The van der Waals surface area contributed by atoms with E-state index in [9.17, 15) is 4.79 Å². The van der Waals surface area contributed by atoms with Crippen LogP contribution >= 0.6 is 0 Å². The number of benzene rings is 1. The molecule has 0 radical (unpaired) electrons. The molecule has 1 aliphatic heterocycles. The molecule has 0 bridgehead atoms. The van der Waals surface area contributed by atoms with E-state index in [1.54, 1.807) is 4.90 Å². The van der Waals surface area contributed by atoms with E-state index in [0.717, 1.165) is 35.3 Å². The summed E-state index contributed by atoms with van der Waals surface area (Å²) in [5.74, 6) is 0.117. The average Bonchev–Trinajstić information content (AvgIpc) is 2.79. The van der Waals surface area contributed by atoms with Gasteiger partial charge in [0.15, 0.2) is 0 Å². The van der Waals surface area contributed by atoms with E-state index in [4.69, 9.17) is 0 Å². The molecule has 86 valence electrons. The van der Waals surface area contributed by atoms with Crippen LogP contribution in [-0.2, 0) is 6.42 Å². The van der Waals surface area contributed by atoms with Gasteiger partial charge in [0.1, 0.15) is 0 Å². The van der Waals surface area contributed by atoms with Crippen molar-refractivity contribution >= 4 is 5.91 Å². The number of fused-ring (bicyclic) bond motifs is 1. The number of carbonyl (C=O) groups is 1. The first-order valence-electron chi connectivity index (χ1n) is 5.78. The number of amides is 1. The van der Waals surface area contributed by atoms with Crippen LogP contribution in [-0.4, -0.2) is 29.4 Å². The van der Waals surface area contributed by atoms with E-state index in [1.807, 2.05) is 43.6 Å². The van der Waals surface area contributed by atoms with Crippen molar-refractivity contribution in [2.45, 2.75) is 6.42 Å². The van der Waals surface area contributed by atoms with Crippen LogP contribution in [0.15, 0.2) is 36.5 Å². The molecule has 0 saturated heterocycles. The number of aromatic amines is 1. The molecular formula is C14H14N2O. The fourth-order valence-corrected chi connectivity index (χ4v) is 2.32. The van der Waals surface area contributed by atoms with Gasteiger partial charge in [-0.25, -0.2) is 0 Å². The molecule has 2 heterocycles. The summed E-state index contributed by atoms with van der Waals surface area (Å²) < 4.78 is 0. The smallest absolute Gasteiger partial charge is 0.256 e. The van der Waals surface area contributed by atoms with Gasteiger partial charge in [0, 0.05) is 37.5 Å². The molecule has 3 heteroatoms. The number of hydrogen-bond donors (Lipinski definition) is 1. The third-order valence-electron chi connectivity index (χ3n) is 3.30. The number of rotatable bonds is 1. The summed E-state index contributed by atoms with van der Waals surface area (Å²) in [4.78, 5) is 17.2. The normalized spacial score (nSPS) is 14.9. The lowest BCUT2D eigenvalue weighted by Gasteiger charge is -2.23. The molecule has 1 aromatic carbocycles. The molecule has 0 unspecified atom stereocenters. The Labute approximate surface area is 100 Å². The van der Waals surface area contributed by atoms with Crippen LogP contribution in [0.3, 0.4) is 0 Å². The summed E-state index contributed by atoms with van der Waals surface area (Å²) in [6.07, 6.45) is 2.85. The number of nitrogens with zero attached hydrogens (tertiary/aromatic N) is 1. The molecule has 0 aliphatic carbocycles. The maximum absolute atomic E-state index is 12.2. The predicted molar refractivity (Wildman–Crippen MR) is 66.9 cm³/mol. The van der Waals surface area contributed by atoms with Gasteiger partial charge in [-0.05, 0) is 5.56 Å². The van der Waals surface area contributed by atoms with Crippen LogP contribution in [0.25, 0.3) is 11.1 Å². The molecule has 0 spiro atoms. The zero-order chi connectivity index (χ0) is 11.8. The van der Waals surface area contributed by atoms with E-state index in [0.29, 0.717) is 0 Å². The molecular weight excluding hydrogens is 212 g/mol. The number of carbonyl (C=O) groups excluding carboxylic acids is 1. The molecule has 2 aromatic rings. The van der Waals surface area contributed by atoms with Gasteiger partial charge < -0.3 is 9.88 Å². The van der Waals surface area contributed by atoms with E-state index in [-0.39, 0.29) is 5.91 Å². The standard InChI is InChI=1S/C14H14N2O/c1-16-8-7-12-13(14(16)17)11(9-15-12)10-5-3-2-4-6-10/h2-6,9,15H,7-8H2,1H3. The Kier molecular flexibility index (Phi) is 2.25. The number of likely N-dealkylation sites (N-methyl/N-ethyl adjacent to an activating group) is 1. The number of aromatic nitrogens is 1. The van der Waals surface area contributed by atoms with Crippen LogP contribution < -0.4 is 0 Å². The fourth-order valence-electron chi connectivity index (χ4n) is 2.32. The van der Waals surface area contributed by atoms with Gasteiger partial charge in [-0.2, -0.15) is 0 Å². The first-order chi connectivity index (χ1) is 8.27. The Morgan fingerprint density at radius 2 is 2.00 bits per heavy atom. The highest BCUT2D eigenvalue weighted by Gasteiger charge is 2.26. The lowest BCUT2D eigenvalue weighted by molar-refractivity contribution is 0.0781. The van der Waals surface area contributed by atoms with Gasteiger partial charge in [-0.15, -0.1) is 0 Å². The molecule has 0 saturated carbocycles. The summed E-state index contributed by atoms with van der Waals surface area (Å²) >= 11 is 0. The third-order valence-corrected chi connectivity index (χ3v) is 3.30. The largest absolute Gasteiger partial charge is 0.364 e. The van der Waals surface area contributed by atoms with E-state index in [2.05, 4.69) is 4.98 Å². The third kappa shape index (κ3) is 1.55. The van der Waals surface area contributed by atoms with Crippen molar-refractivity contribution in [2.24, 2.45) is 0 Å². The maximum Gasteiger partial charge on any atom is 0.256 e. The maximum atomic E-state index is 12.2. The molecule has 1 amide bonds. The van der Waals surface area contributed by atoms with Gasteiger partial charge in [0.2, 0.25) is 0 Å². The Morgan fingerprint density at radius 3 is 2.76 bits per heavy atom. The number of H-pyrrole nitrogens is 1. The molecule has 1 aliphatic rings. The SMILES string of the molecule is CN1CCc2[nH]cc(-c3ccccc3)c2C1=O. The monoisotopic (exact) mass is 226 g/mol.